The van der Waals surface area contributed by atoms with E-state index in [-0.39, 0.29) is 23.7 Å². The van der Waals surface area contributed by atoms with Crippen molar-refractivity contribution in [1.29, 1.82) is 0 Å². The monoisotopic (exact) mass is 460 g/mol. The van der Waals surface area contributed by atoms with Crippen LogP contribution in [-0.2, 0) is 9.53 Å². The van der Waals surface area contributed by atoms with Crippen LogP contribution in [0.4, 0.5) is 5.00 Å². The van der Waals surface area contributed by atoms with Gasteiger partial charge < -0.3 is 19.6 Å². The number of carbonyl (C=O) groups excluding carboxylic acids is 1. The minimum atomic E-state index is -0.466. The first-order valence-electron chi connectivity index (χ1n) is 10.1. The molecule has 2 aromatic rings. The molecule has 0 radical (unpaired) electrons. The number of ether oxygens (including phenoxy) is 3. The molecule has 32 heavy (non-hydrogen) atoms. The van der Waals surface area contributed by atoms with E-state index < -0.39 is 17.1 Å². The molecule has 0 saturated carbocycles. The first-order chi connectivity index (χ1) is 15.5. The predicted molar refractivity (Wildman–Crippen MR) is 117 cm³/mol. The van der Waals surface area contributed by atoms with Crippen LogP contribution in [0.25, 0.3) is 0 Å². The molecule has 3 atom stereocenters. The van der Waals surface area contributed by atoms with Gasteiger partial charge in [-0.1, -0.05) is 17.4 Å². The molecule has 11 heteroatoms. The van der Waals surface area contributed by atoms with E-state index in [0.717, 1.165) is 21.8 Å². The molecule has 4 rings (SSSR count). The number of thiophene rings is 1. The molecular weight excluding hydrogens is 436 g/mol. The number of esters is 1. The largest absolute Gasteiger partial charge is 0.493 e. The number of rotatable bonds is 7. The van der Waals surface area contributed by atoms with Crippen LogP contribution in [0.15, 0.2) is 42.1 Å². The van der Waals surface area contributed by atoms with Crippen LogP contribution in [0.1, 0.15) is 35.9 Å². The highest BCUT2D eigenvalue weighted by Gasteiger charge is 2.44. The van der Waals surface area contributed by atoms with Gasteiger partial charge in [0, 0.05) is 23.2 Å². The Balaban J connectivity index is 1.70. The molecule has 0 aliphatic carbocycles. The van der Waals surface area contributed by atoms with Gasteiger partial charge >= 0.3 is 11.0 Å². The summed E-state index contributed by atoms with van der Waals surface area (Å²) >= 11 is 1.13. The lowest BCUT2D eigenvalue weighted by Gasteiger charge is -2.42. The Morgan fingerprint density at radius 3 is 2.69 bits per heavy atom. The lowest BCUT2D eigenvalue weighted by atomic mass is 9.93. The SMILES string of the molecule is CCOC(=O)C1=CNN2C1NC(c1ccc([N+](=O)[O-])s1)CC2c1ccc(OC)c(OC)c1. The minimum absolute atomic E-state index is 0.0811. The van der Waals surface area contributed by atoms with Crippen LogP contribution >= 0.6 is 11.3 Å². The fourth-order valence-corrected chi connectivity index (χ4v) is 4.95. The molecule has 2 N–H and O–H groups in total. The van der Waals surface area contributed by atoms with Crippen molar-refractivity contribution in [3.05, 3.63) is 62.7 Å². The van der Waals surface area contributed by atoms with Crippen molar-refractivity contribution in [2.75, 3.05) is 20.8 Å². The summed E-state index contributed by atoms with van der Waals surface area (Å²) in [5.41, 5.74) is 4.60. The fourth-order valence-electron chi connectivity index (χ4n) is 4.05. The summed E-state index contributed by atoms with van der Waals surface area (Å²) < 4.78 is 16.0. The normalized spacial score (nSPS) is 22.5. The number of hydrazine groups is 1. The standard InChI is InChI=1S/C21H24N4O6S/c1-4-31-21(26)13-11-22-24-15(12-5-6-16(29-2)17(9-12)30-3)10-14(23-20(13)24)18-7-8-19(32-18)25(27)28/h5-9,11,14-15,20,22-23H,4,10H2,1-3H3. The number of nitrogens with zero attached hydrogens (tertiary/aromatic N) is 2. The van der Waals surface area contributed by atoms with Crippen molar-refractivity contribution in [3.8, 4) is 11.5 Å². The summed E-state index contributed by atoms with van der Waals surface area (Å²) in [6.45, 7) is 2.02. The van der Waals surface area contributed by atoms with Crippen LogP contribution in [0.2, 0.25) is 0 Å². The number of fused-ring (bicyclic) bond motifs is 1. The smallest absolute Gasteiger partial charge is 0.338 e. The maximum atomic E-state index is 12.5. The molecule has 1 saturated heterocycles. The molecule has 2 aliphatic rings. The number of carbonyl (C=O) groups is 1. The summed E-state index contributed by atoms with van der Waals surface area (Å²) in [4.78, 5) is 24.2. The van der Waals surface area contributed by atoms with Crippen molar-refractivity contribution >= 4 is 22.3 Å². The molecule has 3 unspecified atom stereocenters. The number of methoxy groups -OCH3 is 2. The van der Waals surface area contributed by atoms with E-state index in [1.165, 1.54) is 6.07 Å². The zero-order chi connectivity index (χ0) is 22.8. The van der Waals surface area contributed by atoms with Gasteiger partial charge in [0.2, 0.25) is 0 Å². The number of nitrogens with one attached hydrogen (secondary N) is 2. The zero-order valence-corrected chi connectivity index (χ0v) is 18.7. The third-order valence-corrected chi connectivity index (χ3v) is 6.69. The van der Waals surface area contributed by atoms with Crippen LogP contribution < -0.4 is 20.2 Å². The second-order valence-corrected chi connectivity index (χ2v) is 8.37. The Bertz CT molecular complexity index is 1050. The number of nitro groups is 1. The molecular formula is C21H24N4O6S. The highest BCUT2D eigenvalue weighted by molar-refractivity contribution is 7.15. The quantitative estimate of drug-likeness (QED) is 0.365. The molecule has 0 bridgehead atoms. The highest BCUT2D eigenvalue weighted by Crippen LogP contribution is 2.43. The molecule has 2 aliphatic heterocycles. The molecule has 0 amide bonds. The summed E-state index contributed by atoms with van der Waals surface area (Å²) in [7, 11) is 3.16. The minimum Gasteiger partial charge on any atom is -0.493 e. The number of hydrogen-bond donors (Lipinski definition) is 2. The van der Waals surface area contributed by atoms with Gasteiger partial charge in [-0.15, -0.1) is 0 Å². The van der Waals surface area contributed by atoms with Crippen LogP contribution in [0.5, 0.6) is 11.5 Å². The Hall–Kier alpha value is -3.15. The van der Waals surface area contributed by atoms with Gasteiger partial charge in [0.15, 0.2) is 11.5 Å². The van der Waals surface area contributed by atoms with Crippen molar-refractivity contribution in [1.82, 2.24) is 15.8 Å². The molecule has 1 aromatic heterocycles. The van der Waals surface area contributed by atoms with Gasteiger partial charge in [-0.05, 0) is 37.1 Å². The lowest BCUT2D eigenvalue weighted by molar-refractivity contribution is -0.380. The third kappa shape index (κ3) is 4.01. The highest BCUT2D eigenvalue weighted by atomic mass is 32.1. The van der Waals surface area contributed by atoms with E-state index in [1.807, 2.05) is 23.2 Å². The number of hydrogen-bond acceptors (Lipinski definition) is 10. The molecule has 10 nitrogen and oxygen atoms in total. The van der Waals surface area contributed by atoms with Gasteiger partial charge in [-0.3, -0.25) is 15.4 Å². The topological polar surface area (TPSA) is 115 Å². The van der Waals surface area contributed by atoms with E-state index >= 15 is 0 Å². The van der Waals surface area contributed by atoms with E-state index in [2.05, 4.69) is 10.7 Å². The van der Waals surface area contributed by atoms with Crippen LogP contribution in [-0.4, -0.2) is 42.9 Å². The van der Waals surface area contributed by atoms with Crippen molar-refractivity contribution in [2.24, 2.45) is 0 Å². The van der Waals surface area contributed by atoms with Gasteiger partial charge in [-0.25, -0.2) is 4.79 Å². The Labute approximate surface area is 188 Å². The van der Waals surface area contributed by atoms with E-state index in [4.69, 9.17) is 14.2 Å². The summed E-state index contributed by atoms with van der Waals surface area (Å²) in [5.74, 6) is 0.803. The fraction of sp³-hybridized carbons (Fsp3) is 0.381. The van der Waals surface area contributed by atoms with Gasteiger partial charge in [0.05, 0.1) is 37.4 Å². The zero-order valence-electron chi connectivity index (χ0n) is 17.9. The molecule has 1 fully saturated rings. The average Bonchev–Trinajstić information content (AvgIpc) is 3.45. The second kappa shape index (κ2) is 9.15. The molecule has 0 spiro atoms. The lowest BCUT2D eigenvalue weighted by Crippen LogP contribution is -2.55. The van der Waals surface area contributed by atoms with Gasteiger partial charge in [-0.2, -0.15) is 5.01 Å². The van der Waals surface area contributed by atoms with Gasteiger partial charge in [0.25, 0.3) is 0 Å². The van der Waals surface area contributed by atoms with E-state index in [0.29, 0.717) is 23.5 Å². The summed E-state index contributed by atoms with van der Waals surface area (Å²) in [6, 6.07) is 8.61. The third-order valence-electron chi connectivity index (χ3n) is 5.54. The number of benzene rings is 1. The maximum absolute atomic E-state index is 12.5. The van der Waals surface area contributed by atoms with Gasteiger partial charge in [0.1, 0.15) is 6.17 Å². The Morgan fingerprint density at radius 2 is 2.03 bits per heavy atom. The Morgan fingerprint density at radius 1 is 1.25 bits per heavy atom. The predicted octanol–water partition coefficient (Wildman–Crippen LogP) is 3.04. The van der Waals surface area contributed by atoms with Crippen molar-refractivity contribution in [3.63, 3.8) is 0 Å². The van der Waals surface area contributed by atoms with Crippen molar-refractivity contribution in [2.45, 2.75) is 31.6 Å². The van der Waals surface area contributed by atoms with Crippen molar-refractivity contribution < 1.29 is 23.9 Å². The van der Waals surface area contributed by atoms with E-state index in [9.17, 15) is 14.9 Å². The molecule has 3 heterocycles. The summed E-state index contributed by atoms with van der Waals surface area (Å²) in [6.07, 6.45) is 1.79. The van der Waals surface area contributed by atoms with Crippen LogP contribution in [0, 0.1) is 10.1 Å². The maximum Gasteiger partial charge on any atom is 0.338 e. The Kier molecular flexibility index (Phi) is 6.31. The second-order valence-electron chi connectivity index (χ2n) is 7.28. The average molecular weight is 461 g/mol. The molecule has 170 valence electrons. The molecule has 1 aromatic carbocycles. The van der Waals surface area contributed by atoms with Crippen LogP contribution in [0.3, 0.4) is 0 Å². The first-order valence-corrected chi connectivity index (χ1v) is 10.9. The first kappa shape index (κ1) is 22.1. The summed E-state index contributed by atoms with van der Waals surface area (Å²) in [5, 5.41) is 16.7. The van der Waals surface area contributed by atoms with E-state index in [1.54, 1.807) is 33.4 Å².